The van der Waals surface area contributed by atoms with Gasteiger partial charge >= 0.3 is 0 Å². The molecule has 27 rings (SSSR count). The summed E-state index contributed by atoms with van der Waals surface area (Å²) in [4.78, 5) is 0. The Balaban J connectivity index is 0.000000106. The summed E-state index contributed by atoms with van der Waals surface area (Å²) in [5, 5.41) is 35.9. The average Bonchev–Trinajstić information content (AvgIpc) is 0.737. The Labute approximate surface area is 766 Å². The number of hydrogen-bond acceptors (Lipinski definition) is 0. The zero-order valence-corrected chi connectivity index (χ0v) is 72.5. The topological polar surface area (TPSA) is 0 Å². The molecule has 0 heterocycles. The summed E-state index contributed by atoms with van der Waals surface area (Å²) < 4.78 is 0. The number of rotatable bonds is 10. The Morgan fingerprint density at radius 1 is 0.0833 bits per heavy atom. The summed E-state index contributed by atoms with van der Waals surface area (Å²) in [6.45, 7) is 0. The van der Waals surface area contributed by atoms with Crippen molar-refractivity contribution in [3.05, 3.63) is 510 Å². The van der Waals surface area contributed by atoms with Crippen LogP contribution < -0.4 is 0 Å². The molecule has 0 nitrogen and oxygen atoms in total. The molecule has 0 aliphatic heterocycles. The molecule has 0 bridgehead atoms. The lowest BCUT2D eigenvalue weighted by Gasteiger charge is -2.19. The molecule has 612 valence electrons. The molecule has 0 heteroatoms. The summed E-state index contributed by atoms with van der Waals surface area (Å²) in [5.41, 5.74) is 25.1. The van der Waals surface area contributed by atoms with E-state index in [1.165, 1.54) is 262 Å². The lowest BCUT2D eigenvalue weighted by molar-refractivity contribution is 1.58. The predicted octanol–water partition coefficient (Wildman–Crippen LogP) is 37.3. The predicted molar refractivity (Wildman–Crippen MR) is 570 cm³/mol. The third kappa shape index (κ3) is 13.5. The van der Waals surface area contributed by atoms with Crippen LogP contribution in [0, 0.1) is 0 Å². The number of hydrogen-bond donors (Lipinski definition) is 0. The molecule has 0 aromatic heterocycles. The van der Waals surface area contributed by atoms with Gasteiger partial charge in [-0.2, -0.15) is 0 Å². The minimum atomic E-state index is 1.22. The van der Waals surface area contributed by atoms with Crippen LogP contribution >= 0.6 is 0 Å². The highest BCUT2D eigenvalue weighted by molar-refractivity contribution is 6.28. The molecule has 0 aliphatic rings. The molecule has 0 unspecified atom stereocenters. The van der Waals surface area contributed by atoms with E-state index >= 15 is 0 Å². The number of benzene rings is 27. The molecule has 0 N–H and O–H groups in total. The smallest absolute Gasteiger partial charge is 0.00206 e. The van der Waals surface area contributed by atoms with Gasteiger partial charge in [0.15, 0.2) is 0 Å². The van der Waals surface area contributed by atoms with E-state index in [2.05, 4.69) is 510 Å². The summed E-state index contributed by atoms with van der Waals surface area (Å²) >= 11 is 0. The molecule has 0 amide bonds. The molecule has 0 fully saturated rings. The van der Waals surface area contributed by atoms with Crippen molar-refractivity contribution in [3.8, 4) is 111 Å². The molecule has 0 saturated heterocycles. The maximum absolute atomic E-state index is 2.40. The molecule has 132 heavy (non-hydrogen) atoms. The summed E-state index contributed by atoms with van der Waals surface area (Å²) in [5.74, 6) is 0. The van der Waals surface area contributed by atoms with Gasteiger partial charge in [0, 0.05) is 0 Å². The molecule has 0 saturated carbocycles. The quantitative estimate of drug-likeness (QED) is 0.0946. The van der Waals surface area contributed by atoms with Crippen LogP contribution in [0.3, 0.4) is 0 Å². The van der Waals surface area contributed by atoms with E-state index in [1.54, 1.807) is 0 Å². The first-order valence-electron chi connectivity index (χ1n) is 45.8. The van der Waals surface area contributed by atoms with E-state index in [4.69, 9.17) is 0 Å². The third-order valence-electron chi connectivity index (χ3n) is 27.6. The maximum Gasteiger partial charge on any atom is -0.00206 e. The largest absolute Gasteiger partial charge is 0.0622 e. The molecule has 0 radical (unpaired) electrons. The van der Waals surface area contributed by atoms with Crippen molar-refractivity contribution in [2.75, 3.05) is 0 Å². The zero-order valence-electron chi connectivity index (χ0n) is 72.5. The van der Waals surface area contributed by atoms with Crippen LogP contribution in [0.15, 0.2) is 510 Å². The van der Waals surface area contributed by atoms with E-state index in [0.29, 0.717) is 0 Å². The van der Waals surface area contributed by atoms with Crippen molar-refractivity contribution in [2.45, 2.75) is 0 Å². The van der Waals surface area contributed by atoms with Crippen molar-refractivity contribution in [1.29, 1.82) is 0 Å². The van der Waals surface area contributed by atoms with Crippen LogP contribution in [0.25, 0.3) is 262 Å². The van der Waals surface area contributed by atoms with Gasteiger partial charge in [0.25, 0.3) is 0 Å². The fraction of sp³-hybridized carbons (Fsp3) is 0. The molecule has 0 spiro atoms. The second-order valence-electron chi connectivity index (χ2n) is 35.1. The van der Waals surface area contributed by atoms with Gasteiger partial charge in [-0.3, -0.25) is 0 Å². The van der Waals surface area contributed by atoms with E-state index < -0.39 is 0 Å². The number of fused-ring (bicyclic) bond motifs is 12. The minimum absolute atomic E-state index is 1.22. The first kappa shape index (κ1) is 77.2. The second-order valence-corrected chi connectivity index (χ2v) is 35.1. The van der Waals surface area contributed by atoms with Gasteiger partial charge in [-0.25, -0.2) is 0 Å². The average molecular weight is 1670 g/mol. The Morgan fingerprint density at radius 2 is 0.326 bits per heavy atom. The first-order valence-corrected chi connectivity index (χ1v) is 45.8. The van der Waals surface area contributed by atoms with Crippen molar-refractivity contribution < 1.29 is 0 Å². The van der Waals surface area contributed by atoms with Crippen molar-refractivity contribution in [2.24, 2.45) is 0 Å². The van der Waals surface area contributed by atoms with Crippen LogP contribution in [-0.2, 0) is 0 Å². The molecule has 0 aliphatic carbocycles. The molecule has 0 atom stereocenters. The van der Waals surface area contributed by atoms with Crippen molar-refractivity contribution >= 4 is 151 Å². The molecule has 27 aromatic rings. The SMILES string of the molecule is c1cc(-c2c3ccccc3c(-c3ccc4ccccc4c3)c3ccccc23)cc(-c2cc3ccccc3c3ccccc23)c1.c1cc(-c2c3ccccc3c(-c3ccc4ccccc4c3)c3ccccc23)cc(-c2ccc3ccc4cccc5ccc2c3c45)c1.c1ccc(-c2cc(-c3ccccc3)cc(-c3c4ccccc4c(-c4ccc5ccccc5c4)c4ccccc34)c2)cc1. The summed E-state index contributed by atoms with van der Waals surface area (Å²) in [6, 6.07) is 187. The van der Waals surface area contributed by atoms with Crippen molar-refractivity contribution in [3.63, 3.8) is 0 Å². The van der Waals surface area contributed by atoms with Gasteiger partial charge in [0.2, 0.25) is 0 Å². The van der Waals surface area contributed by atoms with Gasteiger partial charge < -0.3 is 0 Å². The van der Waals surface area contributed by atoms with E-state index in [0.717, 1.165) is 0 Å². The lowest BCUT2D eigenvalue weighted by Crippen LogP contribution is -1.92. The van der Waals surface area contributed by atoms with E-state index in [-0.39, 0.29) is 0 Å². The second kappa shape index (κ2) is 32.6. The Bertz CT molecular complexity index is 9030. The fourth-order valence-corrected chi connectivity index (χ4v) is 21.6. The van der Waals surface area contributed by atoms with Gasteiger partial charge in [0.05, 0.1) is 0 Å². The highest BCUT2D eigenvalue weighted by Crippen LogP contribution is 2.51. The van der Waals surface area contributed by atoms with Crippen LogP contribution in [0.1, 0.15) is 0 Å². The molecular formula is C132H84. The van der Waals surface area contributed by atoms with Gasteiger partial charge in [0.1, 0.15) is 0 Å². The third-order valence-corrected chi connectivity index (χ3v) is 27.6. The normalized spacial score (nSPS) is 11.6. The highest BCUT2D eigenvalue weighted by Gasteiger charge is 2.24. The van der Waals surface area contributed by atoms with Crippen LogP contribution in [-0.4, -0.2) is 0 Å². The zero-order chi connectivity index (χ0) is 87.1. The maximum atomic E-state index is 2.40. The van der Waals surface area contributed by atoms with Gasteiger partial charge in [-0.1, -0.05) is 455 Å². The Hall–Kier alpha value is -17.2. The monoisotopic (exact) mass is 1670 g/mol. The first-order chi connectivity index (χ1) is 65.5. The minimum Gasteiger partial charge on any atom is -0.0622 e. The van der Waals surface area contributed by atoms with Gasteiger partial charge in [-0.05, 0) is 317 Å². The van der Waals surface area contributed by atoms with E-state index in [9.17, 15) is 0 Å². The summed E-state index contributed by atoms with van der Waals surface area (Å²) in [6.07, 6.45) is 0. The fourth-order valence-electron chi connectivity index (χ4n) is 21.6. The highest BCUT2D eigenvalue weighted by atomic mass is 14.3. The Kier molecular flexibility index (Phi) is 19.1. The summed E-state index contributed by atoms with van der Waals surface area (Å²) in [7, 11) is 0. The van der Waals surface area contributed by atoms with Gasteiger partial charge in [-0.15, -0.1) is 0 Å². The van der Waals surface area contributed by atoms with E-state index in [1.807, 2.05) is 0 Å². The molecular weight excluding hydrogens is 1590 g/mol. The van der Waals surface area contributed by atoms with Crippen LogP contribution in [0.4, 0.5) is 0 Å². The van der Waals surface area contributed by atoms with Crippen LogP contribution in [0.5, 0.6) is 0 Å². The molecule has 27 aromatic carbocycles. The van der Waals surface area contributed by atoms with Crippen LogP contribution in [0.2, 0.25) is 0 Å². The standard InChI is InChI=1S/C46H28.C44H28.C42H28/c1-2-10-33-27-36(22-19-29(33)9-1)45-40-17-5-3-15-38(40)44(39-16-4-6-18-41(39)45)35-14-8-13-34(28-35)37-25-23-32-21-20-30-11-7-12-31-24-26-42(37)46(32)43(30)31;1-2-13-30-26-34(25-24-29(30)12-1)44-40-22-9-7-20-38(40)43(39-21-8-10-23-41(39)44)33-16-11-15-31(27-33)42-28-32-14-3-4-17-35(32)36-18-5-6-19-37(36)42;1-3-13-29(14-4-1)34-26-35(30-15-5-2-6-16-30)28-36(27-34)42-39-21-11-9-19-37(39)41(38-20-10-12-22-40(38)42)33-24-23-31-17-7-8-18-32(31)25-33/h1-28H;1-28H;1-28H. The van der Waals surface area contributed by atoms with Crippen molar-refractivity contribution in [1.82, 2.24) is 0 Å². The Morgan fingerprint density at radius 3 is 0.720 bits per heavy atom. The lowest BCUT2D eigenvalue weighted by atomic mass is 9.84.